The van der Waals surface area contributed by atoms with Crippen molar-refractivity contribution in [1.29, 1.82) is 0 Å². The van der Waals surface area contributed by atoms with E-state index in [0.717, 1.165) is 24.0 Å². The van der Waals surface area contributed by atoms with E-state index in [2.05, 4.69) is 15.3 Å². The molecule has 21 heavy (non-hydrogen) atoms. The highest BCUT2D eigenvalue weighted by atomic mass is 16.1. The second kappa shape index (κ2) is 7.01. The third kappa shape index (κ3) is 4.02. The van der Waals surface area contributed by atoms with Crippen molar-refractivity contribution in [3.63, 3.8) is 0 Å². The number of rotatable bonds is 4. The average Bonchev–Trinajstić information content (AvgIpc) is 2.54. The SMILES string of the molecule is O=C(CCc1cnccn1)NC1CCC2CCCCC2C1. The first kappa shape index (κ1) is 14.5. The van der Waals surface area contributed by atoms with Gasteiger partial charge in [-0.15, -0.1) is 0 Å². The molecular formula is C17H25N3O. The Morgan fingerprint density at radius 3 is 2.81 bits per heavy atom. The maximum atomic E-state index is 12.1. The molecule has 3 atom stereocenters. The van der Waals surface area contributed by atoms with Gasteiger partial charge >= 0.3 is 0 Å². The van der Waals surface area contributed by atoms with E-state index in [-0.39, 0.29) is 5.91 Å². The van der Waals surface area contributed by atoms with Gasteiger partial charge in [-0.05, 0) is 37.5 Å². The lowest BCUT2D eigenvalue weighted by atomic mass is 9.69. The third-order valence-corrected chi connectivity index (χ3v) is 5.13. The topological polar surface area (TPSA) is 54.9 Å². The summed E-state index contributed by atoms with van der Waals surface area (Å²) in [6, 6.07) is 0.402. The summed E-state index contributed by atoms with van der Waals surface area (Å²) in [5, 5.41) is 3.24. The number of hydrogen-bond acceptors (Lipinski definition) is 3. The van der Waals surface area contributed by atoms with Crippen molar-refractivity contribution in [2.24, 2.45) is 11.8 Å². The van der Waals surface area contributed by atoms with E-state index in [1.807, 2.05) is 0 Å². The van der Waals surface area contributed by atoms with Crippen LogP contribution in [-0.2, 0) is 11.2 Å². The van der Waals surface area contributed by atoms with Gasteiger partial charge in [-0.3, -0.25) is 14.8 Å². The average molecular weight is 287 g/mol. The Bertz CT molecular complexity index is 462. The summed E-state index contributed by atoms with van der Waals surface area (Å²) in [5.74, 6) is 1.96. The van der Waals surface area contributed by atoms with Crippen LogP contribution in [0.15, 0.2) is 18.6 Å². The van der Waals surface area contributed by atoms with Crippen molar-refractivity contribution in [2.75, 3.05) is 0 Å². The Balaban J connectivity index is 1.42. The Hall–Kier alpha value is -1.45. The fraction of sp³-hybridized carbons (Fsp3) is 0.706. The van der Waals surface area contributed by atoms with Crippen LogP contribution in [0.1, 0.15) is 57.1 Å². The monoisotopic (exact) mass is 287 g/mol. The maximum absolute atomic E-state index is 12.1. The van der Waals surface area contributed by atoms with Crippen LogP contribution in [0.4, 0.5) is 0 Å². The predicted octanol–water partition coefficient (Wildman–Crippen LogP) is 2.88. The first-order valence-electron chi connectivity index (χ1n) is 8.35. The van der Waals surface area contributed by atoms with Gasteiger partial charge in [-0.1, -0.05) is 25.7 Å². The summed E-state index contributed by atoms with van der Waals surface area (Å²) in [7, 11) is 0. The molecule has 0 spiro atoms. The molecule has 0 saturated heterocycles. The molecule has 2 saturated carbocycles. The molecule has 4 heteroatoms. The number of carbonyl (C=O) groups excluding carboxylic acids is 1. The van der Waals surface area contributed by atoms with E-state index in [1.54, 1.807) is 18.6 Å². The molecule has 0 bridgehead atoms. The van der Waals surface area contributed by atoms with Crippen LogP contribution in [-0.4, -0.2) is 21.9 Å². The molecule has 3 unspecified atom stereocenters. The molecule has 1 aromatic heterocycles. The second-order valence-corrected chi connectivity index (χ2v) is 6.58. The molecule has 1 heterocycles. The molecule has 114 valence electrons. The van der Waals surface area contributed by atoms with Gasteiger partial charge < -0.3 is 5.32 Å². The van der Waals surface area contributed by atoms with E-state index < -0.39 is 0 Å². The van der Waals surface area contributed by atoms with Crippen LogP contribution >= 0.6 is 0 Å². The van der Waals surface area contributed by atoms with E-state index >= 15 is 0 Å². The number of fused-ring (bicyclic) bond motifs is 1. The number of amides is 1. The van der Waals surface area contributed by atoms with Crippen LogP contribution < -0.4 is 5.32 Å². The van der Waals surface area contributed by atoms with Crippen LogP contribution in [0, 0.1) is 11.8 Å². The van der Waals surface area contributed by atoms with Crippen molar-refractivity contribution >= 4 is 5.91 Å². The van der Waals surface area contributed by atoms with Crippen LogP contribution in [0.2, 0.25) is 0 Å². The minimum Gasteiger partial charge on any atom is -0.353 e. The van der Waals surface area contributed by atoms with Gasteiger partial charge in [0.05, 0.1) is 5.69 Å². The first-order valence-corrected chi connectivity index (χ1v) is 8.35. The summed E-state index contributed by atoms with van der Waals surface area (Å²) in [6.45, 7) is 0. The largest absolute Gasteiger partial charge is 0.353 e. The van der Waals surface area contributed by atoms with Crippen LogP contribution in [0.5, 0.6) is 0 Å². The fourth-order valence-corrected chi connectivity index (χ4v) is 4.00. The Labute approximate surface area is 126 Å². The highest BCUT2D eigenvalue weighted by molar-refractivity contribution is 5.76. The van der Waals surface area contributed by atoms with Crippen molar-refractivity contribution in [3.05, 3.63) is 24.3 Å². The van der Waals surface area contributed by atoms with Gasteiger partial charge in [-0.25, -0.2) is 0 Å². The minimum absolute atomic E-state index is 0.167. The quantitative estimate of drug-likeness (QED) is 0.926. The normalized spacial score (nSPS) is 28.7. The fourth-order valence-electron chi connectivity index (χ4n) is 4.00. The number of nitrogens with one attached hydrogen (secondary N) is 1. The van der Waals surface area contributed by atoms with E-state index in [0.29, 0.717) is 18.9 Å². The Kier molecular flexibility index (Phi) is 4.84. The van der Waals surface area contributed by atoms with Gasteiger partial charge in [0.15, 0.2) is 0 Å². The van der Waals surface area contributed by atoms with Gasteiger partial charge in [0.1, 0.15) is 0 Å². The molecule has 3 rings (SSSR count). The van der Waals surface area contributed by atoms with Crippen molar-refractivity contribution in [1.82, 2.24) is 15.3 Å². The number of nitrogens with zero attached hydrogens (tertiary/aromatic N) is 2. The molecule has 0 aliphatic heterocycles. The zero-order valence-corrected chi connectivity index (χ0v) is 12.6. The lowest BCUT2D eigenvalue weighted by Crippen LogP contribution is -2.41. The molecule has 0 aromatic carbocycles. The van der Waals surface area contributed by atoms with Gasteiger partial charge in [0.25, 0.3) is 0 Å². The highest BCUT2D eigenvalue weighted by Gasteiger charge is 2.32. The second-order valence-electron chi connectivity index (χ2n) is 6.58. The number of aryl methyl sites for hydroxylation is 1. The predicted molar refractivity (Wildman–Crippen MR) is 81.6 cm³/mol. The van der Waals surface area contributed by atoms with Crippen molar-refractivity contribution in [3.8, 4) is 0 Å². The summed E-state index contributed by atoms with van der Waals surface area (Å²) >= 11 is 0. The van der Waals surface area contributed by atoms with Gasteiger partial charge in [0, 0.05) is 31.1 Å². The molecule has 1 N–H and O–H groups in total. The number of hydrogen-bond donors (Lipinski definition) is 1. The molecule has 1 aromatic rings. The lowest BCUT2D eigenvalue weighted by molar-refractivity contribution is -0.122. The zero-order chi connectivity index (χ0) is 14.5. The van der Waals surface area contributed by atoms with Crippen molar-refractivity contribution in [2.45, 2.75) is 63.8 Å². The van der Waals surface area contributed by atoms with Gasteiger partial charge in [0.2, 0.25) is 5.91 Å². The summed E-state index contributed by atoms with van der Waals surface area (Å²) in [6.07, 6.45) is 15.5. The molecule has 2 aliphatic carbocycles. The van der Waals surface area contributed by atoms with Gasteiger partial charge in [-0.2, -0.15) is 0 Å². The lowest BCUT2D eigenvalue weighted by Gasteiger charge is -2.39. The standard InChI is InChI=1S/C17H25N3O/c21-17(8-7-16-12-18-9-10-19-16)20-15-6-5-13-3-1-2-4-14(13)11-15/h9-10,12-15H,1-8,11H2,(H,20,21). The number of carbonyl (C=O) groups is 1. The summed E-state index contributed by atoms with van der Waals surface area (Å²) in [4.78, 5) is 20.3. The Morgan fingerprint density at radius 1 is 1.14 bits per heavy atom. The number of aromatic nitrogens is 2. The molecule has 2 fully saturated rings. The smallest absolute Gasteiger partial charge is 0.220 e. The zero-order valence-electron chi connectivity index (χ0n) is 12.6. The van der Waals surface area contributed by atoms with E-state index in [9.17, 15) is 4.79 Å². The summed E-state index contributed by atoms with van der Waals surface area (Å²) < 4.78 is 0. The minimum atomic E-state index is 0.167. The maximum Gasteiger partial charge on any atom is 0.220 e. The van der Waals surface area contributed by atoms with E-state index in [1.165, 1.54) is 38.5 Å². The molecule has 2 aliphatic rings. The third-order valence-electron chi connectivity index (χ3n) is 5.13. The first-order chi connectivity index (χ1) is 10.3. The molecule has 1 amide bonds. The van der Waals surface area contributed by atoms with E-state index in [4.69, 9.17) is 0 Å². The Morgan fingerprint density at radius 2 is 2.00 bits per heavy atom. The van der Waals surface area contributed by atoms with Crippen LogP contribution in [0.3, 0.4) is 0 Å². The molecule has 4 nitrogen and oxygen atoms in total. The molecular weight excluding hydrogens is 262 g/mol. The van der Waals surface area contributed by atoms with Crippen molar-refractivity contribution < 1.29 is 4.79 Å². The highest BCUT2D eigenvalue weighted by Crippen LogP contribution is 2.40. The molecule has 0 radical (unpaired) electrons. The summed E-state index contributed by atoms with van der Waals surface area (Å²) in [5.41, 5.74) is 0.892. The van der Waals surface area contributed by atoms with Crippen LogP contribution in [0.25, 0.3) is 0 Å².